The zero-order chi connectivity index (χ0) is 17.1. The number of hydrogen-bond acceptors (Lipinski definition) is 2. The van der Waals surface area contributed by atoms with Crippen molar-refractivity contribution in [3.63, 3.8) is 0 Å². The van der Waals surface area contributed by atoms with E-state index in [2.05, 4.69) is 44.9 Å². The molecule has 1 rings (SSSR count). The normalized spacial score (nSPS) is 11.9. The van der Waals surface area contributed by atoms with Gasteiger partial charge in [-0.3, -0.25) is 0 Å². The van der Waals surface area contributed by atoms with Gasteiger partial charge in [-0.15, -0.1) is 0 Å². The molecule has 1 aromatic rings. The molecule has 0 amide bonds. The van der Waals surface area contributed by atoms with Crippen molar-refractivity contribution in [1.82, 2.24) is 4.98 Å². The third-order valence-electron chi connectivity index (χ3n) is 4.75. The Hall–Kier alpha value is 0.589. The van der Waals surface area contributed by atoms with Crippen LogP contribution >= 0.6 is 23.4 Å². The molecule has 132 valence electrons. The van der Waals surface area contributed by atoms with Crippen LogP contribution in [0.15, 0.2) is 17.2 Å². The van der Waals surface area contributed by atoms with Crippen molar-refractivity contribution in [3.05, 3.63) is 17.4 Å². The second-order valence-corrected chi connectivity index (χ2v) is 21.4. The van der Waals surface area contributed by atoms with Crippen LogP contribution in [-0.2, 0) is 0 Å². The molecule has 1 nitrogen and oxygen atoms in total. The standard InChI is InChI=1S/C7H7ClNS.3C4H9.Sn/c1-2-10-6-4-3-5-9-7(6)8;3*1-3-4-2;/h4-5H,2H2,1H3;3*1,3-4H2,2H3;. The van der Waals surface area contributed by atoms with Crippen LogP contribution in [0.2, 0.25) is 18.5 Å². The number of thioether (sulfide) groups is 1. The van der Waals surface area contributed by atoms with E-state index in [-0.39, 0.29) is 0 Å². The van der Waals surface area contributed by atoms with E-state index in [1.54, 1.807) is 3.58 Å². The van der Waals surface area contributed by atoms with Gasteiger partial charge in [0.1, 0.15) is 0 Å². The summed E-state index contributed by atoms with van der Waals surface area (Å²) in [7, 11) is 0. The Labute approximate surface area is 157 Å². The molecular weight excluding hydrogens is 428 g/mol. The summed E-state index contributed by atoms with van der Waals surface area (Å²) in [5.41, 5.74) is 0. The summed E-state index contributed by atoms with van der Waals surface area (Å²) in [5.74, 6) is 1.06. The molecule has 1 heterocycles. The topological polar surface area (TPSA) is 12.9 Å². The maximum atomic E-state index is 6.33. The van der Waals surface area contributed by atoms with Gasteiger partial charge >= 0.3 is 158 Å². The van der Waals surface area contributed by atoms with Gasteiger partial charge in [-0.1, -0.05) is 0 Å². The van der Waals surface area contributed by atoms with E-state index in [0.717, 1.165) is 5.75 Å². The third-order valence-corrected chi connectivity index (χ3v) is 21.6. The van der Waals surface area contributed by atoms with Crippen LogP contribution in [-0.4, -0.2) is 29.1 Å². The van der Waals surface area contributed by atoms with Crippen LogP contribution in [0.1, 0.15) is 66.2 Å². The molecule has 0 bridgehead atoms. The van der Waals surface area contributed by atoms with Crippen molar-refractivity contribution in [1.29, 1.82) is 0 Å². The average Bonchev–Trinajstić information content (AvgIpc) is 2.57. The second-order valence-electron chi connectivity index (χ2n) is 6.54. The minimum absolute atomic E-state index is 0.697. The third kappa shape index (κ3) is 6.78. The van der Waals surface area contributed by atoms with Crippen LogP contribution in [0.25, 0.3) is 0 Å². The molecule has 23 heavy (non-hydrogen) atoms. The summed E-state index contributed by atoms with van der Waals surface area (Å²) >= 11 is 5.83. The van der Waals surface area contributed by atoms with Crippen LogP contribution < -0.4 is 3.58 Å². The molecule has 0 aliphatic rings. The van der Waals surface area contributed by atoms with E-state index < -0.39 is 18.4 Å². The SMILES string of the molecule is CCC[CH2][Sn]([CH2]CCC)([CH2]CCC)[c]1cnc(Cl)c(SCC)c1. The summed E-state index contributed by atoms with van der Waals surface area (Å²) in [4.78, 5) is 5.79. The average molecular weight is 463 g/mol. The van der Waals surface area contributed by atoms with Gasteiger partial charge in [0.15, 0.2) is 0 Å². The first-order valence-electron chi connectivity index (χ1n) is 9.42. The maximum absolute atomic E-state index is 6.33. The van der Waals surface area contributed by atoms with Crippen LogP contribution in [0, 0.1) is 0 Å². The van der Waals surface area contributed by atoms with Crippen molar-refractivity contribution < 1.29 is 0 Å². The van der Waals surface area contributed by atoms with E-state index in [1.807, 2.05) is 11.8 Å². The fourth-order valence-electron chi connectivity index (χ4n) is 3.33. The zero-order valence-corrected chi connectivity index (χ0v) is 19.9. The molecule has 0 N–H and O–H groups in total. The Kier molecular flexibility index (Phi) is 11.3. The number of hydrogen-bond donors (Lipinski definition) is 0. The molecule has 0 spiro atoms. The fourth-order valence-corrected chi connectivity index (χ4v) is 20.3. The van der Waals surface area contributed by atoms with Crippen molar-refractivity contribution in [3.8, 4) is 0 Å². The van der Waals surface area contributed by atoms with E-state index in [9.17, 15) is 0 Å². The number of nitrogens with zero attached hydrogens (tertiary/aromatic N) is 1. The second kappa shape index (κ2) is 12.0. The zero-order valence-electron chi connectivity index (χ0n) is 15.5. The first kappa shape index (κ1) is 21.6. The summed E-state index contributed by atoms with van der Waals surface area (Å²) in [6.07, 6.45) is 10.3. The first-order chi connectivity index (χ1) is 11.1. The van der Waals surface area contributed by atoms with Crippen LogP contribution in [0.5, 0.6) is 0 Å². The van der Waals surface area contributed by atoms with Crippen molar-refractivity contribution >= 4 is 45.3 Å². The summed E-state index contributed by atoms with van der Waals surface area (Å²) in [6.45, 7) is 9.17. The molecule has 4 heteroatoms. The van der Waals surface area contributed by atoms with Gasteiger partial charge in [0.05, 0.1) is 0 Å². The molecule has 0 aliphatic heterocycles. The predicted octanol–water partition coefficient (Wildman–Crippen LogP) is 6.90. The van der Waals surface area contributed by atoms with Crippen LogP contribution in [0.3, 0.4) is 0 Å². The molecular formula is C19H34ClNSSn. The van der Waals surface area contributed by atoms with Crippen molar-refractivity contribution in [2.45, 2.75) is 84.4 Å². The summed E-state index contributed by atoms with van der Waals surface area (Å²) in [5, 5.41) is 0.697. The molecule has 0 unspecified atom stereocenters. The van der Waals surface area contributed by atoms with Gasteiger partial charge in [0, 0.05) is 0 Å². The van der Waals surface area contributed by atoms with E-state index in [1.165, 1.54) is 56.7 Å². The van der Waals surface area contributed by atoms with Gasteiger partial charge in [0.25, 0.3) is 0 Å². The fraction of sp³-hybridized carbons (Fsp3) is 0.737. The molecule has 0 aliphatic carbocycles. The number of unbranched alkanes of at least 4 members (excludes halogenated alkanes) is 3. The Balaban J connectivity index is 3.19. The Morgan fingerprint density at radius 2 is 1.48 bits per heavy atom. The van der Waals surface area contributed by atoms with E-state index in [4.69, 9.17) is 11.6 Å². The number of aromatic nitrogens is 1. The Morgan fingerprint density at radius 3 is 1.91 bits per heavy atom. The quantitative estimate of drug-likeness (QED) is 0.190. The molecule has 0 fully saturated rings. The number of halogens is 1. The molecule has 1 aromatic heterocycles. The monoisotopic (exact) mass is 463 g/mol. The van der Waals surface area contributed by atoms with Gasteiger partial charge in [-0.25, -0.2) is 0 Å². The summed E-state index contributed by atoms with van der Waals surface area (Å²) < 4.78 is 6.11. The van der Waals surface area contributed by atoms with Gasteiger partial charge in [-0.05, 0) is 0 Å². The molecule has 0 radical (unpaired) electrons. The van der Waals surface area contributed by atoms with Crippen molar-refractivity contribution in [2.24, 2.45) is 0 Å². The summed E-state index contributed by atoms with van der Waals surface area (Å²) in [6, 6.07) is 2.43. The first-order valence-corrected chi connectivity index (χ1v) is 18.3. The van der Waals surface area contributed by atoms with Gasteiger partial charge in [-0.2, -0.15) is 0 Å². The van der Waals surface area contributed by atoms with E-state index in [0.29, 0.717) is 5.15 Å². The molecule has 0 saturated carbocycles. The number of rotatable bonds is 12. The Morgan fingerprint density at radius 1 is 0.957 bits per heavy atom. The molecule has 0 saturated heterocycles. The van der Waals surface area contributed by atoms with Crippen LogP contribution in [0.4, 0.5) is 0 Å². The minimum atomic E-state index is -2.35. The predicted molar refractivity (Wildman–Crippen MR) is 110 cm³/mol. The number of pyridine rings is 1. The molecule has 0 aromatic carbocycles. The van der Waals surface area contributed by atoms with Gasteiger partial charge < -0.3 is 0 Å². The van der Waals surface area contributed by atoms with E-state index >= 15 is 0 Å². The Bertz CT molecular complexity index is 431. The van der Waals surface area contributed by atoms with Gasteiger partial charge in [0.2, 0.25) is 0 Å². The molecule has 0 atom stereocenters. The van der Waals surface area contributed by atoms with Crippen molar-refractivity contribution in [2.75, 3.05) is 5.75 Å².